The largest absolute Gasteiger partial charge is 0.497 e. The summed E-state index contributed by atoms with van der Waals surface area (Å²) in [6.45, 7) is 2.52. The molecule has 6 nitrogen and oxygen atoms in total. The third-order valence-electron chi connectivity index (χ3n) is 5.28. The van der Waals surface area contributed by atoms with Crippen LogP contribution in [0.2, 0.25) is 0 Å². The fourth-order valence-electron chi connectivity index (χ4n) is 3.65. The summed E-state index contributed by atoms with van der Waals surface area (Å²) < 4.78 is 18.2. The third-order valence-corrected chi connectivity index (χ3v) is 5.28. The summed E-state index contributed by atoms with van der Waals surface area (Å²) in [4.78, 5) is 25.8. The highest BCUT2D eigenvalue weighted by molar-refractivity contribution is 5.96. The number of hydrogen-bond acceptors (Lipinski definition) is 3. The molecule has 2 aromatic rings. The Morgan fingerprint density at radius 3 is 2.31 bits per heavy atom. The maximum atomic E-state index is 12.9. The van der Waals surface area contributed by atoms with Crippen LogP contribution in [-0.2, 0) is 4.79 Å². The first-order valence-electron chi connectivity index (χ1n) is 9.86. The molecule has 1 aliphatic heterocycles. The first-order chi connectivity index (χ1) is 14.1. The highest BCUT2D eigenvalue weighted by Gasteiger charge is 2.27. The Bertz CT molecular complexity index is 818. The lowest BCUT2D eigenvalue weighted by Crippen LogP contribution is -3.11. The number of ether oxygens (including phenoxy) is 1. The molecule has 0 aromatic heterocycles. The van der Waals surface area contributed by atoms with Gasteiger partial charge in [-0.2, -0.15) is 0 Å². The van der Waals surface area contributed by atoms with Crippen molar-refractivity contribution in [1.82, 2.24) is 10.6 Å². The van der Waals surface area contributed by atoms with Crippen molar-refractivity contribution < 1.29 is 23.6 Å². The van der Waals surface area contributed by atoms with Gasteiger partial charge in [-0.3, -0.25) is 9.59 Å². The van der Waals surface area contributed by atoms with Crippen LogP contribution in [0.4, 0.5) is 4.39 Å². The Morgan fingerprint density at radius 2 is 1.69 bits per heavy atom. The zero-order valence-electron chi connectivity index (χ0n) is 16.5. The van der Waals surface area contributed by atoms with E-state index in [1.807, 2.05) is 24.3 Å². The van der Waals surface area contributed by atoms with Crippen molar-refractivity contribution in [3.63, 3.8) is 0 Å². The lowest BCUT2D eigenvalue weighted by molar-refractivity contribution is -0.918. The van der Waals surface area contributed by atoms with Crippen molar-refractivity contribution >= 4 is 11.8 Å². The van der Waals surface area contributed by atoms with Gasteiger partial charge in [0.2, 0.25) is 5.91 Å². The van der Waals surface area contributed by atoms with E-state index in [-0.39, 0.29) is 18.5 Å². The van der Waals surface area contributed by atoms with Gasteiger partial charge in [-0.05, 0) is 48.5 Å². The fourth-order valence-corrected chi connectivity index (χ4v) is 3.65. The number of rotatable bonds is 8. The Hall–Kier alpha value is -2.93. The molecule has 0 radical (unpaired) electrons. The molecule has 1 heterocycles. The van der Waals surface area contributed by atoms with Crippen molar-refractivity contribution in [3.05, 3.63) is 65.5 Å². The maximum Gasteiger partial charge on any atom is 0.251 e. The van der Waals surface area contributed by atoms with Crippen LogP contribution in [0.15, 0.2) is 48.5 Å². The van der Waals surface area contributed by atoms with Gasteiger partial charge >= 0.3 is 0 Å². The fraction of sp³-hybridized carbons (Fsp3) is 0.364. The molecule has 7 heteroatoms. The Labute approximate surface area is 170 Å². The Morgan fingerprint density at radius 1 is 1.03 bits per heavy atom. The zero-order chi connectivity index (χ0) is 20.6. The first-order valence-corrected chi connectivity index (χ1v) is 9.86. The topological polar surface area (TPSA) is 71.9 Å². The lowest BCUT2D eigenvalue weighted by Gasteiger charge is -2.25. The third kappa shape index (κ3) is 5.77. The number of quaternary nitrogens is 1. The SMILES string of the molecule is COc1ccc([C@H](CNC(=O)CNC(=O)c2ccc(F)cc2)[NH+]2CCCC2)cc1. The number of halogens is 1. The zero-order valence-corrected chi connectivity index (χ0v) is 16.5. The lowest BCUT2D eigenvalue weighted by atomic mass is 10.1. The molecule has 1 atom stereocenters. The van der Waals surface area contributed by atoms with Crippen LogP contribution in [0.5, 0.6) is 5.75 Å². The predicted molar refractivity (Wildman–Crippen MR) is 107 cm³/mol. The summed E-state index contributed by atoms with van der Waals surface area (Å²) in [5.41, 5.74) is 1.47. The van der Waals surface area contributed by atoms with Gasteiger partial charge in [0.05, 0.1) is 33.3 Å². The molecular weight excluding hydrogens is 373 g/mol. The molecule has 3 rings (SSSR count). The van der Waals surface area contributed by atoms with Crippen LogP contribution >= 0.6 is 0 Å². The average molecular weight is 400 g/mol. The summed E-state index contributed by atoms with van der Waals surface area (Å²) in [5, 5.41) is 5.51. The van der Waals surface area contributed by atoms with E-state index >= 15 is 0 Å². The van der Waals surface area contributed by atoms with E-state index in [1.54, 1.807) is 7.11 Å². The second-order valence-corrected chi connectivity index (χ2v) is 7.18. The maximum absolute atomic E-state index is 12.9. The number of carbonyl (C=O) groups is 2. The van der Waals surface area contributed by atoms with Crippen molar-refractivity contribution in [2.24, 2.45) is 0 Å². The van der Waals surface area contributed by atoms with E-state index in [0.29, 0.717) is 12.1 Å². The first kappa shape index (κ1) is 20.8. The van der Waals surface area contributed by atoms with E-state index in [9.17, 15) is 14.0 Å². The smallest absolute Gasteiger partial charge is 0.251 e. The van der Waals surface area contributed by atoms with Gasteiger partial charge in [-0.1, -0.05) is 0 Å². The highest BCUT2D eigenvalue weighted by atomic mass is 19.1. The van der Waals surface area contributed by atoms with Crippen LogP contribution in [0.25, 0.3) is 0 Å². The quantitative estimate of drug-likeness (QED) is 0.622. The molecule has 0 unspecified atom stereocenters. The van der Waals surface area contributed by atoms with Crippen molar-refractivity contribution in [2.75, 3.05) is 33.3 Å². The minimum absolute atomic E-state index is 0.124. The summed E-state index contributed by atoms with van der Waals surface area (Å²) in [6.07, 6.45) is 2.37. The van der Waals surface area contributed by atoms with Crippen LogP contribution in [-0.4, -0.2) is 45.1 Å². The number of nitrogens with one attached hydrogen (secondary N) is 3. The average Bonchev–Trinajstić information content (AvgIpc) is 3.27. The molecule has 2 amide bonds. The van der Waals surface area contributed by atoms with Crippen LogP contribution < -0.4 is 20.3 Å². The monoisotopic (exact) mass is 400 g/mol. The van der Waals surface area contributed by atoms with Gasteiger partial charge in [-0.15, -0.1) is 0 Å². The minimum Gasteiger partial charge on any atom is -0.497 e. The van der Waals surface area contributed by atoms with E-state index in [2.05, 4.69) is 10.6 Å². The number of likely N-dealkylation sites (tertiary alicyclic amines) is 1. The molecule has 3 N–H and O–H groups in total. The predicted octanol–water partition coefficient (Wildman–Crippen LogP) is 1.10. The minimum atomic E-state index is -0.409. The molecule has 2 aromatic carbocycles. The van der Waals surface area contributed by atoms with Gasteiger partial charge in [0, 0.05) is 24.0 Å². The molecule has 0 spiro atoms. The number of carbonyl (C=O) groups excluding carboxylic acids is 2. The van der Waals surface area contributed by atoms with Crippen LogP contribution in [0.1, 0.15) is 34.8 Å². The molecule has 1 aliphatic rings. The summed E-state index contributed by atoms with van der Waals surface area (Å²) in [5.74, 6) is -0.265. The second kappa shape index (κ2) is 10.0. The molecule has 0 aliphatic carbocycles. The molecule has 29 heavy (non-hydrogen) atoms. The molecule has 0 saturated carbocycles. The van der Waals surface area contributed by atoms with Gasteiger partial charge in [0.1, 0.15) is 17.6 Å². The van der Waals surface area contributed by atoms with E-state index in [1.165, 1.54) is 42.0 Å². The Kier molecular flexibility index (Phi) is 7.19. The number of amides is 2. The van der Waals surface area contributed by atoms with Gasteiger partial charge in [0.15, 0.2) is 0 Å². The van der Waals surface area contributed by atoms with Gasteiger partial charge in [-0.25, -0.2) is 4.39 Å². The van der Waals surface area contributed by atoms with Crippen molar-refractivity contribution in [2.45, 2.75) is 18.9 Å². The van der Waals surface area contributed by atoms with Crippen LogP contribution in [0.3, 0.4) is 0 Å². The number of methoxy groups -OCH3 is 1. The van der Waals surface area contributed by atoms with Crippen LogP contribution in [0, 0.1) is 5.82 Å². The summed E-state index contributed by atoms with van der Waals surface area (Å²) in [6, 6.07) is 13.3. The highest BCUT2D eigenvalue weighted by Crippen LogP contribution is 2.16. The number of benzene rings is 2. The Balaban J connectivity index is 1.54. The normalized spacial score (nSPS) is 15.0. The molecular formula is C22H27FN3O3+. The van der Waals surface area contributed by atoms with Gasteiger partial charge in [0.25, 0.3) is 5.91 Å². The number of hydrogen-bond donors (Lipinski definition) is 3. The summed E-state index contributed by atoms with van der Waals surface area (Å²) >= 11 is 0. The molecule has 0 bridgehead atoms. The van der Waals surface area contributed by atoms with E-state index < -0.39 is 11.7 Å². The van der Waals surface area contributed by atoms with Crippen molar-refractivity contribution in [3.8, 4) is 5.75 Å². The second-order valence-electron chi connectivity index (χ2n) is 7.18. The van der Waals surface area contributed by atoms with E-state index in [4.69, 9.17) is 4.74 Å². The standard InChI is InChI=1S/C22H26FN3O3/c1-29-19-10-6-16(7-11-19)20(26-12-2-3-13-26)14-24-21(27)15-25-22(28)17-4-8-18(23)9-5-17/h4-11,20H,2-3,12-15H2,1H3,(H,24,27)(H,25,28)/p+1/t20-/m0/s1. The van der Waals surface area contributed by atoms with Gasteiger partial charge < -0.3 is 20.3 Å². The van der Waals surface area contributed by atoms with Crippen molar-refractivity contribution in [1.29, 1.82) is 0 Å². The molecule has 154 valence electrons. The summed E-state index contributed by atoms with van der Waals surface area (Å²) in [7, 11) is 1.64. The van der Waals surface area contributed by atoms with E-state index in [0.717, 1.165) is 24.4 Å². The molecule has 1 fully saturated rings. The molecule has 1 saturated heterocycles.